The summed E-state index contributed by atoms with van der Waals surface area (Å²) in [7, 11) is 1.95. The van der Waals surface area contributed by atoms with Crippen molar-refractivity contribution >= 4 is 23.2 Å². The molecule has 130 valence electrons. The zero-order valence-corrected chi connectivity index (χ0v) is 15.0. The van der Waals surface area contributed by atoms with Crippen LogP contribution in [0.4, 0.5) is 5.69 Å². The van der Waals surface area contributed by atoms with Gasteiger partial charge in [0.1, 0.15) is 18.9 Å². The number of amides is 1. The Bertz CT molecular complexity index is 739. The molecule has 6 heteroatoms. The number of carbonyl (C=O) groups is 1. The van der Waals surface area contributed by atoms with Crippen molar-refractivity contribution < 1.29 is 14.4 Å². The summed E-state index contributed by atoms with van der Waals surface area (Å²) < 4.78 is 5.66. The minimum atomic E-state index is -0.232. The van der Waals surface area contributed by atoms with Gasteiger partial charge in [-0.2, -0.15) is 5.26 Å². The highest BCUT2D eigenvalue weighted by molar-refractivity contribution is 6.30. The molecule has 0 aliphatic carbocycles. The van der Waals surface area contributed by atoms with Gasteiger partial charge >= 0.3 is 0 Å². The highest BCUT2D eigenvalue weighted by Gasteiger charge is 2.21. The van der Waals surface area contributed by atoms with E-state index in [-0.39, 0.29) is 11.9 Å². The maximum atomic E-state index is 12.3. The van der Waals surface area contributed by atoms with Crippen LogP contribution in [0.25, 0.3) is 0 Å². The van der Waals surface area contributed by atoms with Gasteiger partial charge in [0.2, 0.25) is 0 Å². The summed E-state index contributed by atoms with van der Waals surface area (Å²) in [6.45, 7) is 3.06. The maximum absolute atomic E-state index is 12.3. The number of nitriles is 1. The molecule has 0 bridgehead atoms. The molecule has 0 heterocycles. The van der Waals surface area contributed by atoms with Crippen LogP contribution >= 0.6 is 11.6 Å². The topological polar surface area (TPSA) is 66.6 Å². The smallest absolute Gasteiger partial charge is 0.282 e. The minimum Gasteiger partial charge on any atom is -0.488 e. The molecule has 0 radical (unpaired) electrons. The van der Waals surface area contributed by atoms with E-state index >= 15 is 0 Å². The molecule has 5 nitrogen and oxygen atoms in total. The molecule has 2 rings (SSSR count). The van der Waals surface area contributed by atoms with Crippen molar-refractivity contribution in [3.05, 3.63) is 59.1 Å². The van der Waals surface area contributed by atoms with Gasteiger partial charge in [0.25, 0.3) is 5.91 Å². The van der Waals surface area contributed by atoms with Gasteiger partial charge in [-0.3, -0.25) is 4.79 Å². The van der Waals surface area contributed by atoms with Gasteiger partial charge in [0.05, 0.1) is 18.7 Å². The van der Waals surface area contributed by atoms with Gasteiger partial charge in [-0.1, -0.05) is 11.6 Å². The van der Waals surface area contributed by atoms with E-state index in [0.717, 1.165) is 10.6 Å². The van der Waals surface area contributed by atoms with Crippen molar-refractivity contribution in [2.45, 2.75) is 13.0 Å². The zero-order valence-electron chi connectivity index (χ0n) is 14.3. The Kier molecular flexibility index (Phi) is 6.81. The third-order valence-corrected chi connectivity index (χ3v) is 4.24. The second kappa shape index (κ2) is 9.07. The molecule has 0 aromatic heterocycles. The van der Waals surface area contributed by atoms with Gasteiger partial charge in [0.15, 0.2) is 6.04 Å². The molecule has 1 unspecified atom stereocenters. The molecule has 0 saturated heterocycles. The number of ether oxygens (including phenoxy) is 1. The van der Waals surface area contributed by atoms with Gasteiger partial charge in [-0.25, -0.2) is 0 Å². The number of rotatable bonds is 7. The Morgan fingerprint density at radius 3 is 2.48 bits per heavy atom. The Balaban J connectivity index is 1.79. The van der Waals surface area contributed by atoms with Gasteiger partial charge in [0, 0.05) is 10.7 Å². The van der Waals surface area contributed by atoms with Crippen LogP contribution < -0.4 is 15.0 Å². The molecule has 0 spiro atoms. The second-order valence-electron chi connectivity index (χ2n) is 5.80. The summed E-state index contributed by atoms with van der Waals surface area (Å²) in [5, 5.41) is 12.3. The number of likely N-dealkylation sites (N-methyl/N-ethyl adjacent to an activating group) is 1. The molecule has 2 aromatic carbocycles. The predicted octanol–water partition coefficient (Wildman–Crippen LogP) is 2.13. The van der Waals surface area contributed by atoms with Crippen molar-refractivity contribution in [1.82, 2.24) is 0 Å². The molecule has 25 heavy (non-hydrogen) atoms. The van der Waals surface area contributed by atoms with Gasteiger partial charge in [-0.15, -0.1) is 0 Å². The van der Waals surface area contributed by atoms with E-state index in [4.69, 9.17) is 21.6 Å². The molecule has 0 aliphatic heterocycles. The first-order valence-electron chi connectivity index (χ1n) is 8.01. The van der Waals surface area contributed by atoms with Crippen LogP contribution in [-0.4, -0.2) is 32.1 Å². The third kappa shape index (κ3) is 5.79. The fourth-order valence-corrected chi connectivity index (χ4v) is 2.31. The van der Waals surface area contributed by atoms with Crippen molar-refractivity contribution in [3.8, 4) is 11.8 Å². The van der Waals surface area contributed by atoms with E-state index < -0.39 is 0 Å². The van der Waals surface area contributed by atoms with Gasteiger partial charge < -0.3 is 15.0 Å². The SMILES string of the molecule is C[C@@H](C(=O)Nc1ccc(C#N)cc1)[NH+](C)CCOc1ccc(Cl)cc1. The maximum Gasteiger partial charge on any atom is 0.282 e. The lowest BCUT2D eigenvalue weighted by atomic mass is 10.2. The first-order valence-corrected chi connectivity index (χ1v) is 8.39. The standard InChI is InChI=1S/C19H20ClN3O2/c1-14(19(24)22-17-7-3-15(13-21)4-8-17)23(2)11-12-25-18-9-5-16(20)6-10-18/h3-10,14H,11-12H2,1-2H3,(H,22,24)/p+1/t14-/m0/s1. The molecular formula is C19H21ClN3O2+. The summed E-state index contributed by atoms with van der Waals surface area (Å²) in [5.41, 5.74) is 1.24. The van der Waals surface area contributed by atoms with Crippen LogP contribution in [0, 0.1) is 11.3 Å². The summed E-state index contributed by atoms with van der Waals surface area (Å²) >= 11 is 5.84. The van der Waals surface area contributed by atoms with E-state index in [2.05, 4.69) is 11.4 Å². The lowest BCUT2D eigenvalue weighted by Gasteiger charge is -2.21. The summed E-state index contributed by atoms with van der Waals surface area (Å²) in [6, 6.07) is 15.8. The molecule has 1 amide bonds. The van der Waals surface area contributed by atoms with Crippen molar-refractivity contribution in [2.24, 2.45) is 0 Å². The fraction of sp³-hybridized carbons (Fsp3) is 0.263. The zero-order chi connectivity index (χ0) is 18.2. The summed E-state index contributed by atoms with van der Waals surface area (Å²) in [5.74, 6) is 0.681. The highest BCUT2D eigenvalue weighted by atomic mass is 35.5. The van der Waals surface area contributed by atoms with E-state index in [0.29, 0.717) is 29.4 Å². The van der Waals surface area contributed by atoms with Crippen LogP contribution in [0.15, 0.2) is 48.5 Å². The second-order valence-corrected chi connectivity index (χ2v) is 6.24. The Hall–Kier alpha value is -2.55. The third-order valence-electron chi connectivity index (χ3n) is 3.99. The number of carbonyl (C=O) groups excluding carboxylic acids is 1. The lowest BCUT2D eigenvalue weighted by Crippen LogP contribution is -3.14. The fourth-order valence-electron chi connectivity index (χ4n) is 2.18. The number of hydrogen-bond donors (Lipinski definition) is 2. The van der Waals surface area contributed by atoms with Gasteiger partial charge in [-0.05, 0) is 55.5 Å². The van der Waals surface area contributed by atoms with E-state index in [9.17, 15) is 4.79 Å². The van der Waals surface area contributed by atoms with Crippen LogP contribution in [-0.2, 0) is 4.79 Å². The monoisotopic (exact) mass is 358 g/mol. The Labute approximate surface area is 152 Å². The first-order chi connectivity index (χ1) is 12.0. The van der Waals surface area contributed by atoms with E-state index in [1.807, 2.05) is 26.1 Å². The average Bonchev–Trinajstić information content (AvgIpc) is 2.63. The molecule has 2 atom stereocenters. The number of nitrogens with one attached hydrogen (secondary N) is 2. The van der Waals surface area contributed by atoms with E-state index in [1.165, 1.54) is 0 Å². The number of halogens is 1. The normalized spacial score (nSPS) is 12.7. The van der Waals surface area contributed by atoms with Crippen LogP contribution in [0.2, 0.25) is 5.02 Å². The molecule has 0 fully saturated rings. The number of hydrogen-bond acceptors (Lipinski definition) is 3. The molecular weight excluding hydrogens is 338 g/mol. The first kappa shape index (κ1) is 18.8. The number of anilines is 1. The van der Waals surface area contributed by atoms with Crippen LogP contribution in [0.3, 0.4) is 0 Å². The number of benzene rings is 2. The molecule has 2 aromatic rings. The average molecular weight is 359 g/mol. The Morgan fingerprint density at radius 2 is 1.88 bits per heavy atom. The predicted molar refractivity (Wildman–Crippen MR) is 97.9 cm³/mol. The summed E-state index contributed by atoms with van der Waals surface area (Å²) in [6.07, 6.45) is 0. The van der Waals surface area contributed by atoms with Crippen molar-refractivity contribution in [3.63, 3.8) is 0 Å². The largest absolute Gasteiger partial charge is 0.488 e. The van der Waals surface area contributed by atoms with E-state index in [1.54, 1.807) is 36.4 Å². The number of nitrogens with zero attached hydrogens (tertiary/aromatic N) is 1. The summed E-state index contributed by atoms with van der Waals surface area (Å²) in [4.78, 5) is 13.4. The quantitative estimate of drug-likeness (QED) is 0.796. The van der Waals surface area contributed by atoms with Crippen molar-refractivity contribution in [1.29, 1.82) is 5.26 Å². The Morgan fingerprint density at radius 1 is 1.24 bits per heavy atom. The molecule has 2 N–H and O–H groups in total. The molecule has 0 saturated carbocycles. The van der Waals surface area contributed by atoms with Crippen LogP contribution in [0.5, 0.6) is 5.75 Å². The van der Waals surface area contributed by atoms with Crippen LogP contribution in [0.1, 0.15) is 12.5 Å². The minimum absolute atomic E-state index is 0.0753. The molecule has 0 aliphatic rings. The number of quaternary nitrogens is 1. The van der Waals surface area contributed by atoms with Crippen molar-refractivity contribution in [2.75, 3.05) is 25.5 Å². The highest BCUT2D eigenvalue weighted by Crippen LogP contribution is 2.15. The lowest BCUT2D eigenvalue weighted by molar-refractivity contribution is -0.894.